The van der Waals surface area contributed by atoms with E-state index in [1.54, 1.807) is 0 Å². The topological polar surface area (TPSA) is 124 Å². The molecule has 0 fully saturated rings. The minimum atomic E-state index is -1.03. The highest BCUT2D eigenvalue weighted by atomic mass is 32.2. The van der Waals surface area contributed by atoms with Gasteiger partial charge < -0.3 is 10.8 Å². The van der Waals surface area contributed by atoms with E-state index in [9.17, 15) is 15.3 Å². The van der Waals surface area contributed by atoms with Crippen molar-refractivity contribution in [1.29, 1.82) is 10.5 Å². The summed E-state index contributed by atoms with van der Waals surface area (Å²) < 4.78 is 0. The number of carboxylic acids is 1. The van der Waals surface area contributed by atoms with Crippen molar-refractivity contribution >= 4 is 23.5 Å². The van der Waals surface area contributed by atoms with Gasteiger partial charge in [0.05, 0.1) is 11.3 Å². The SMILES string of the molecule is CC(C)c1ccc(-c2c(C#N)c(N)nc(SCC(=O)O)c2C#N)cc1. The van der Waals surface area contributed by atoms with E-state index in [1.807, 2.05) is 36.4 Å². The number of nitrogen functional groups attached to an aromatic ring is 1. The Morgan fingerprint density at radius 2 is 1.84 bits per heavy atom. The van der Waals surface area contributed by atoms with Gasteiger partial charge in [0.1, 0.15) is 28.5 Å². The standard InChI is InChI=1S/C18H16N4O2S/c1-10(2)11-3-5-12(6-4-11)16-13(7-19)17(21)22-18(14(16)8-20)25-9-15(23)24/h3-6,10H,9H2,1-2H3,(H2,21,22)(H,23,24). The van der Waals surface area contributed by atoms with E-state index in [0.29, 0.717) is 17.0 Å². The van der Waals surface area contributed by atoms with Crippen LogP contribution in [0.25, 0.3) is 11.1 Å². The maximum atomic E-state index is 10.8. The third kappa shape index (κ3) is 3.90. The summed E-state index contributed by atoms with van der Waals surface area (Å²) in [5.41, 5.74) is 8.34. The van der Waals surface area contributed by atoms with Crippen molar-refractivity contribution < 1.29 is 9.90 Å². The summed E-state index contributed by atoms with van der Waals surface area (Å²) in [6, 6.07) is 11.6. The van der Waals surface area contributed by atoms with Crippen LogP contribution in [-0.4, -0.2) is 21.8 Å². The Balaban J connectivity index is 2.67. The van der Waals surface area contributed by atoms with E-state index in [2.05, 4.69) is 18.8 Å². The first-order chi connectivity index (χ1) is 11.9. The number of carboxylic acid groups (broad SMARTS) is 1. The lowest BCUT2D eigenvalue weighted by molar-refractivity contribution is -0.133. The Morgan fingerprint density at radius 3 is 2.32 bits per heavy atom. The first-order valence-electron chi connectivity index (χ1n) is 7.47. The van der Waals surface area contributed by atoms with E-state index < -0.39 is 5.97 Å². The van der Waals surface area contributed by atoms with Crippen molar-refractivity contribution in [3.8, 4) is 23.3 Å². The number of thioether (sulfide) groups is 1. The van der Waals surface area contributed by atoms with Crippen LogP contribution in [0.3, 0.4) is 0 Å². The average Bonchev–Trinajstić information content (AvgIpc) is 2.59. The second kappa shape index (κ2) is 7.69. The molecule has 1 heterocycles. The fraction of sp³-hybridized carbons (Fsp3) is 0.222. The number of carbonyl (C=O) groups is 1. The summed E-state index contributed by atoms with van der Waals surface area (Å²) in [4.78, 5) is 14.9. The smallest absolute Gasteiger partial charge is 0.313 e. The molecule has 126 valence electrons. The number of aliphatic carboxylic acids is 1. The molecular weight excluding hydrogens is 336 g/mol. The summed E-state index contributed by atoms with van der Waals surface area (Å²) in [6.07, 6.45) is 0. The predicted octanol–water partition coefficient (Wildman–Crippen LogP) is 3.37. The van der Waals surface area contributed by atoms with Gasteiger partial charge in [-0.15, -0.1) is 0 Å². The number of rotatable bonds is 5. The molecule has 25 heavy (non-hydrogen) atoms. The van der Waals surface area contributed by atoms with Crippen molar-refractivity contribution in [3.63, 3.8) is 0 Å². The Bertz CT molecular complexity index is 893. The first kappa shape index (κ1) is 18.3. The molecular formula is C18H16N4O2S. The van der Waals surface area contributed by atoms with Gasteiger partial charge in [-0.1, -0.05) is 49.9 Å². The molecule has 7 heteroatoms. The van der Waals surface area contributed by atoms with Crippen LogP contribution in [-0.2, 0) is 4.79 Å². The fourth-order valence-electron chi connectivity index (χ4n) is 2.36. The highest BCUT2D eigenvalue weighted by Gasteiger charge is 2.21. The molecule has 0 saturated heterocycles. The van der Waals surface area contributed by atoms with Gasteiger partial charge in [0, 0.05) is 5.56 Å². The number of nitrogens with two attached hydrogens (primary N) is 1. The van der Waals surface area contributed by atoms with Gasteiger partial charge in [-0.2, -0.15) is 10.5 Å². The normalized spacial score (nSPS) is 10.3. The van der Waals surface area contributed by atoms with E-state index in [1.165, 1.54) is 0 Å². The molecule has 0 aliphatic heterocycles. The number of nitrogens with zero attached hydrogens (tertiary/aromatic N) is 3. The third-order valence-corrected chi connectivity index (χ3v) is 4.57. The number of pyridine rings is 1. The minimum Gasteiger partial charge on any atom is -0.481 e. The molecule has 0 spiro atoms. The second-order valence-corrected chi connectivity index (χ2v) is 6.57. The zero-order chi connectivity index (χ0) is 18.6. The molecule has 1 aromatic carbocycles. The van der Waals surface area contributed by atoms with Crippen molar-refractivity contribution in [2.75, 3.05) is 11.5 Å². The lowest BCUT2D eigenvalue weighted by Crippen LogP contribution is -2.05. The molecule has 1 aromatic heterocycles. The summed E-state index contributed by atoms with van der Waals surface area (Å²) in [6.45, 7) is 4.14. The summed E-state index contributed by atoms with van der Waals surface area (Å²) in [5, 5.41) is 28.1. The number of hydrogen-bond donors (Lipinski definition) is 2. The Hall–Kier alpha value is -3.03. The van der Waals surface area contributed by atoms with Gasteiger partial charge in [0.15, 0.2) is 0 Å². The van der Waals surface area contributed by atoms with Gasteiger partial charge in [-0.3, -0.25) is 4.79 Å². The zero-order valence-electron chi connectivity index (χ0n) is 13.8. The molecule has 0 aliphatic rings. The van der Waals surface area contributed by atoms with Crippen LogP contribution >= 0.6 is 11.8 Å². The monoisotopic (exact) mass is 352 g/mol. The number of nitriles is 2. The lowest BCUT2D eigenvalue weighted by atomic mass is 9.94. The van der Waals surface area contributed by atoms with Crippen LogP contribution in [0, 0.1) is 22.7 Å². The van der Waals surface area contributed by atoms with Crippen molar-refractivity contribution in [3.05, 3.63) is 41.0 Å². The third-order valence-electron chi connectivity index (χ3n) is 3.61. The second-order valence-electron chi connectivity index (χ2n) is 5.61. The molecule has 0 radical (unpaired) electrons. The molecule has 0 unspecified atom stereocenters. The maximum Gasteiger partial charge on any atom is 0.313 e. The van der Waals surface area contributed by atoms with Crippen LogP contribution in [0.5, 0.6) is 0 Å². The molecule has 6 nitrogen and oxygen atoms in total. The average molecular weight is 352 g/mol. The largest absolute Gasteiger partial charge is 0.481 e. The van der Waals surface area contributed by atoms with E-state index >= 15 is 0 Å². The highest BCUT2D eigenvalue weighted by Crippen LogP contribution is 2.36. The Labute approximate surface area is 149 Å². The molecule has 0 bridgehead atoms. The molecule has 0 atom stereocenters. The highest BCUT2D eigenvalue weighted by molar-refractivity contribution is 7.99. The fourth-order valence-corrected chi connectivity index (χ4v) is 3.07. The minimum absolute atomic E-state index is 0.0164. The summed E-state index contributed by atoms with van der Waals surface area (Å²) in [5.74, 6) is -0.943. The zero-order valence-corrected chi connectivity index (χ0v) is 14.6. The predicted molar refractivity (Wildman–Crippen MR) is 96.0 cm³/mol. The number of benzene rings is 1. The first-order valence-corrected chi connectivity index (χ1v) is 8.46. The summed E-state index contributed by atoms with van der Waals surface area (Å²) in [7, 11) is 0. The van der Waals surface area contributed by atoms with Crippen LogP contribution in [0.15, 0.2) is 29.3 Å². The van der Waals surface area contributed by atoms with Crippen LogP contribution < -0.4 is 5.73 Å². The summed E-state index contributed by atoms with van der Waals surface area (Å²) >= 11 is 0.907. The van der Waals surface area contributed by atoms with E-state index in [0.717, 1.165) is 17.3 Å². The molecule has 0 aliphatic carbocycles. The number of aromatic nitrogens is 1. The van der Waals surface area contributed by atoms with Gasteiger partial charge >= 0.3 is 5.97 Å². The molecule has 2 aromatic rings. The van der Waals surface area contributed by atoms with E-state index in [-0.39, 0.29) is 27.7 Å². The van der Waals surface area contributed by atoms with Crippen LogP contribution in [0.4, 0.5) is 5.82 Å². The molecule has 2 rings (SSSR count). The van der Waals surface area contributed by atoms with Gasteiger partial charge in [-0.05, 0) is 17.0 Å². The number of anilines is 1. The van der Waals surface area contributed by atoms with Gasteiger partial charge in [0.25, 0.3) is 0 Å². The lowest BCUT2D eigenvalue weighted by Gasteiger charge is -2.13. The molecule has 0 saturated carbocycles. The Kier molecular flexibility index (Phi) is 5.63. The molecule has 0 amide bonds. The van der Waals surface area contributed by atoms with Crippen molar-refractivity contribution in [2.45, 2.75) is 24.8 Å². The van der Waals surface area contributed by atoms with E-state index in [4.69, 9.17) is 10.8 Å². The van der Waals surface area contributed by atoms with Crippen molar-refractivity contribution in [2.24, 2.45) is 0 Å². The van der Waals surface area contributed by atoms with Crippen LogP contribution in [0.1, 0.15) is 36.5 Å². The van der Waals surface area contributed by atoms with Gasteiger partial charge in [-0.25, -0.2) is 4.98 Å². The quantitative estimate of drug-likeness (QED) is 0.790. The van der Waals surface area contributed by atoms with Crippen molar-refractivity contribution in [1.82, 2.24) is 4.98 Å². The molecule has 3 N–H and O–H groups in total. The van der Waals surface area contributed by atoms with Gasteiger partial charge in [0.2, 0.25) is 0 Å². The van der Waals surface area contributed by atoms with Crippen LogP contribution in [0.2, 0.25) is 0 Å². The Morgan fingerprint density at radius 1 is 1.24 bits per heavy atom. The maximum absolute atomic E-state index is 10.8. The number of hydrogen-bond acceptors (Lipinski definition) is 6.